The van der Waals surface area contributed by atoms with Gasteiger partial charge in [-0.2, -0.15) is 0 Å². The Morgan fingerprint density at radius 2 is 1.74 bits per heavy atom. The van der Waals surface area contributed by atoms with Crippen LogP contribution >= 0.6 is 0 Å². The van der Waals surface area contributed by atoms with Gasteiger partial charge in [-0.1, -0.05) is 26.0 Å². The Bertz CT molecular complexity index is 904. The van der Waals surface area contributed by atoms with Crippen molar-refractivity contribution in [3.8, 4) is 5.75 Å². The number of nitrogens with one attached hydrogen (secondary N) is 2. The van der Waals surface area contributed by atoms with Crippen LogP contribution in [0.4, 0.5) is 0 Å². The molecule has 1 aliphatic rings. The highest BCUT2D eigenvalue weighted by Gasteiger charge is 2.39. The average Bonchev–Trinajstić information content (AvgIpc) is 3.26. The van der Waals surface area contributed by atoms with E-state index in [9.17, 15) is 34.5 Å². The summed E-state index contributed by atoms with van der Waals surface area (Å²) < 4.78 is 0. The van der Waals surface area contributed by atoms with E-state index >= 15 is 0 Å². The van der Waals surface area contributed by atoms with Crippen LogP contribution in [-0.4, -0.2) is 80.7 Å². The fourth-order valence-corrected chi connectivity index (χ4v) is 4.11. The van der Waals surface area contributed by atoms with Crippen LogP contribution in [0.1, 0.15) is 45.6 Å². The number of nitrogens with two attached hydrogens (primary N) is 1. The molecule has 1 saturated heterocycles. The van der Waals surface area contributed by atoms with Gasteiger partial charge in [-0.05, 0) is 49.8 Å². The van der Waals surface area contributed by atoms with Gasteiger partial charge in [-0.25, -0.2) is 4.79 Å². The number of hydrogen-bond donors (Lipinski definition) is 6. The van der Waals surface area contributed by atoms with Crippen LogP contribution < -0.4 is 16.4 Å². The number of benzene rings is 1. The SMILES string of the molecule is CC(C)CC(N)C(=O)N1CCCC1C(=O)NC(C(=O)NC(Cc1ccc(O)cc1)C(=O)O)C(C)O. The zero-order valence-corrected chi connectivity index (χ0v) is 20.3. The summed E-state index contributed by atoms with van der Waals surface area (Å²) in [6.45, 7) is 5.55. The number of aromatic hydroxyl groups is 1. The van der Waals surface area contributed by atoms with Crippen molar-refractivity contribution in [2.45, 2.75) is 76.7 Å². The molecule has 3 amide bonds. The Labute approximate surface area is 204 Å². The Balaban J connectivity index is 2.08. The van der Waals surface area contributed by atoms with Crippen LogP contribution in [0, 0.1) is 5.92 Å². The van der Waals surface area contributed by atoms with Gasteiger partial charge < -0.3 is 36.6 Å². The van der Waals surface area contributed by atoms with Crippen LogP contribution in [0.3, 0.4) is 0 Å². The predicted octanol–water partition coefficient (Wildman–Crippen LogP) is -0.266. The highest BCUT2D eigenvalue weighted by Crippen LogP contribution is 2.20. The highest BCUT2D eigenvalue weighted by molar-refractivity contribution is 5.94. The zero-order chi connectivity index (χ0) is 26.3. The standard InChI is InChI=1S/C24H36N4O7/c1-13(2)11-17(25)23(33)28-10-4-5-19(28)21(31)27-20(14(3)29)22(32)26-18(24(34)35)12-15-6-8-16(30)9-7-15/h6-9,13-14,17-20,29-30H,4-5,10-12,25H2,1-3H3,(H,26,32)(H,27,31)(H,34,35). The summed E-state index contributed by atoms with van der Waals surface area (Å²) in [5.74, 6) is -2.89. The maximum Gasteiger partial charge on any atom is 0.326 e. The highest BCUT2D eigenvalue weighted by atomic mass is 16.4. The Morgan fingerprint density at radius 1 is 1.11 bits per heavy atom. The number of amides is 3. The predicted molar refractivity (Wildman–Crippen MR) is 127 cm³/mol. The minimum atomic E-state index is -1.42. The lowest BCUT2D eigenvalue weighted by Crippen LogP contribution is -2.59. The van der Waals surface area contributed by atoms with Crippen molar-refractivity contribution in [3.63, 3.8) is 0 Å². The summed E-state index contributed by atoms with van der Waals surface area (Å²) in [5.41, 5.74) is 6.58. The molecule has 2 rings (SSSR count). The second kappa shape index (κ2) is 12.5. The van der Waals surface area contributed by atoms with E-state index in [1.807, 2.05) is 13.8 Å². The van der Waals surface area contributed by atoms with E-state index in [-0.39, 0.29) is 24.0 Å². The molecule has 1 aromatic carbocycles. The molecular weight excluding hydrogens is 456 g/mol. The van der Waals surface area contributed by atoms with E-state index in [4.69, 9.17) is 5.73 Å². The van der Waals surface area contributed by atoms with Crippen LogP contribution in [0.25, 0.3) is 0 Å². The molecular formula is C24H36N4O7. The van der Waals surface area contributed by atoms with Crippen molar-refractivity contribution in [2.75, 3.05) is 6.54 Å². The van der Waals surface area contributed by atoms with Gasteiger partial charge in [0.2, 0.25) is 17.7 Å². The first-order valence-corrected chi connectivity index (χ1v) is 11.8. The van der Waals surface area contributed by atoms with Crippen LogP contribution in [0.5, 0.6) is 5.75 Å². The number of nitrogens with zero attached hydrogens (tertiary/aromatic N) is 1. The fourth-order valence-electron chi connectivity index (χ4n) is 4.11. The molecule has 11 nitrogen and oxygen atoms in total. The Kier molecular flexibility index (Phi) is 10.0. The topological polar surface area (TPSA) is 182 Å². The second-order valence-corrected chi connectivity index (χ2v) is 9.42. The molecule has 1 aromatic rings. The van der Waals surface area contributed by atoms with Crippen molar-refractivity contribution in [3.05, 3.63) is 29.8 Å². The van der Waals surface area contributed by atoms with Gasteiger partial charge in [0.25, 0.3) is 0 Å². The van der Waals surface area contributed by atoms with Crippen molar-refractivity contribution in [1.82, 2.24) is 15.5 Å². The number of carboxylic acids is 1. The van der Waals surface area contributed by atoms with Gasteiger partial charge in [0.05, 0.1) is 12.1 Å². The van der Waals surface area contributed by atoms with E-state index < -0.39 is 48.1 Å². The summed E-state index contributed by atoms with van der Waals surface area (Å²) in [6, 6.07) is 1.53. The van der Waals surface area contributed by atoms with E-state index in [1.54, 1.807) is 0 Å². The first-order chi connectivity index (χ1) is 16.4. The molecule has 7 N–H and O–H groups in total. The molecule has 0 spiro atoms. The fraction of sp³-hybridized carbons (Fsp3) is 0.583. The third-order valence-electron chi connectivity index (χ3n) is 5.93. The van der Waals surface area contributed by atoms with Crippen molar-refractivity contribution in [1.29, 1.82) is 0 Å². The minimum Gasteiger partial charge on any atom is -0.508 e. The zero-order valence-electron chi connectivity index (χ0n) is 20.3. The van der Waals surface area contributed by atoms with Gasteiger partial charge in [0.1, 0.15) is 23.9 Å². The molecule has 1 heterocycles. The van der Waals surface area contributed by atoms with Crippen LogP contribution in [0.2, 0.25) is 0 Å². The van der Waals surface area contributed by atoms with Crippen LogP contribution in [0.15, 0.2) is 24.3 Å². The molecule has 0 bridgehead atoms. The molecule has 0 radical (unpaired) electrons. The average molecular weight is 493 g/mol. The van der Waals surface area contributed by atoms with E-state index in [0.29, 0.717) is 31.4 Å². The molecule has 11 heteroatoms. The molecule has 0 aliphatic carbocycles. The monoisotopic (exact) mass is 492 g/mol. The van der Waals surface area contributed by atoms with Crippen molar-refractivity contribution < 1.29 is 34.5 Å². The Hall–Kier alpha value is -3.18. The number of aliphatic hydroxyl groups excluding tert-OH is 1. The molecule has 0 saturated carbocycles. The normalized spacial score (nSPS) is 19.0. The number of rotatable bonds is 11. The molecule has 194 valence electrons. The summed E-state index contributed by atoms with van der Waals surface area (Å²) in [6.07, 6.45) is 0.0623. The number of carboxylic acid groups (broad SMARTS) is 1. The number of hydrogen-bond acceptors (Lipinski definition) is 7. The van der Waals surface area contributed by atoms with Crippen molar-refractivity contribution >= 4 is 23.7 Å². The van der Waals surface area contributed by atoms with Gasteiger partial charge in [0, 0.05) is 13.0 Å². The summed E-state index contributed by atoms with van der Waals surface area (Å²) in [5, 5.41) is 33.9. The molecule has 5 atom stereocenters. The minimum absolute atomic E-state index is 0.0196. The first kappa shape index (κ1) is 28.1. The number of likely N-dealkylation sites (tertiary alicyclic amines) is 1. The maximum absolute atomic E-state index is 13.0. The smallest absolute Gasteiger partial charge is 0.326 e. The lowest BCUT2D eigenvalue weighted by atomic mass is 10.0. The molecule has 1 fully saturated rings. The first-order valence-electron chi connectivity index (χ1n) is 11.8. The van der Waals surface area contributed by atoms with Gasteiger partial charge in [-0.15, -0.1) is 0 Å². The molecule has 0 aromatic heterocycles. The van der Waals surface area contributed by atoms with E-state index in [0.717, 1.165) is 0 Å². The summed E-state index contributed by atoms with van der Waals surface area (Å²) >= 11 is 0. The maximum atomic E-state index is 13.0. The molecule has 5 unspecified atom stereocenters. The largest absolute Gasteiger partial charge is 0.508 e. The van der Waals surface area contributed by atoms with Gasteiger partial charge in [-0.3, -0.25) is 14.4 Å². The van der Waals surface area contributed by atoms with Crippen molar-refractivity contribution in [2.24, 2.45) is 11.7 Å². The van der Waals surface area contributed by atoms with Crippen LogP contribution in [-0.2, 0) is 25.6 Å². The van der Waals surface area contributed by atoms with Gasteiger partial charge in [0.15, 0.2) is 0 Å². The number of carbonyl (C=O) groups excluding carboxylic acids is 3. The summed E-state index contributed by atoms with van der Waals surface area (Å²) in [7, 11) is 0. The lowest BCUT2D eigenvalue weighted by molar-refractivity contribution is -0.144. The molecule has 35 heavy (non-hydrogen) atoms. The number of phenolic OH excluding ortho intramolecular Hbond substituents is 1. The number of carbonyl (C=O) groups is 4. The summed E-state index contributed by atoms with van der Waals surface area (Å²) in [4.78, 5) is 51.7. The quantitative estimate of drug-likeness (QED) is 0.244. The van der Waals surface area contributed by atoms with E-state index in [2.05, 4.69) is 10.6 Å². The number of aliphatic hydroxyl groups is 1. The molecule has 1 aliphatic heterocycles. The third kappa shape index (κ3) is 7.93. The third-order valence-corrected chi connectivity index (χ3v) is 5.93. The number of phenols is 1. The number of aliphatic carboxylic acids is 1. The van der Waals surface area contributed by atoms with E-state index in [1.165, 1.54) is 36.1 Å². The lowest BCUT2D eigenvalue weighted by Gasteiger charge is -2.29. The van der Waals surface area contributed by atoms with Gasteiger partial charge >= 0.3 is 5.97 Å². The second-order valence-electron chi connectivity index (χ2n) is 9.42. The Morgan fingerprint density at radius 3 is 2.29 bits per heavy atom.